The molecule has 0 aromatic rings. The molecule has 0 fully saturated rings. The molecule has 1 amide bonds. The topological polar surface area (TPSA) is 40.5 Å². The van der Waals surface area contributed by atoms with Crippen molar-refractivity contribution in [1.82, 2.24) is 4.90 Å². The Morgan fingerprint density at radius 2 is 2.31 bits per heavy atom. The Bertz CT molecular complexity index is 242. The van der Waals surface area contributed by atoms with Crippen LogP contribution in [0.15, 0.2) is 12.2 Å². The number of nitrogens with zero attached hydrogens (tertiary/aromatic N) is 1. The maximum absolute atomic E-state index is 10.8. The molecule has 13 heavy (non-hydrogen) atoms. The lowest BCUT2D eigenvalue weighted by atomic mass is 9.86. The molecule has 0 spiro atoms. The number of rotatable bonds is 1. The van der Waals surface area contributed by atoms with Crippen LogP contribution in [0.1, 0.15) is 19.8 Å². The molecule has 0 saturated heterocycles. The first-order chi connectivity index (χ1) is 5.98. The van der Waals surface area contributed by atoms with E-state index in [0.29, 0.717) is 3.92 Å². The third-order valence-corrected chi connectivity index (χ3v) is 4.62. The van der Waals surface area contributed by atoms with E-state index in [0.717, 1.165) is 12.8 Å². The monoisotopic (exact) mass is 295 g/mol. The van der Waals surface area contributed by atoms with E-state index in [1.807, 2.05) is 6.92 Å². The highest BCUT2D eigenvalue weighted by Gasteiger charge is 2.39. The van der Waals surface area contributed by atoms with Gasteiger partial charge < -0.3 is 10.0 Å². The SMILES string of the molecule is CN(C(=O)O)C1(C)CC=CCC1I. The molecule has 0 saturated carbocycles. The van der Waals surface area contributed by atoms with Crippen molar-refractivity contribution in [1.29, 1.82) is 0 Å². The highest BCUT2D eigenvalue weighted by molar-refractivity contribution is 14.1. The lowest BCUT2D eigenvalue weighted by Gasteiger charge is -2.42. The van der Waals surface area contributed by atoms with E-state index in [2.05, 4.69) is 34.7 Å². The Balaban J connectivity index is 2.85. The first-order valence-electron chi connectivity index (χ1n) is 4.24. The van der Waals surface area contributed by atoms with Crippen LogP contribution in [0.4, 0.5) is 4.79 Å². The lowest BCUT2D eigenvalue weighted by Crippen LogP contribution is -2.53. The van der Waals surface area contributed by atoms with Gasteiger partial charge in [-0.15, -0.1) is 0 Å². The van der Waals surface area contributed by atoms with Gasteiger partial charge in [-0.1, -0.05) is 34.7 Å². The number of allylic oxidation sites excluding steroid dienone is 1. The van der Waals surface area contributed by atoms with Crippen LogP contribution in [0.3, 0.4) is 0 Å². The van der Waals surface area contributed by atoms with Gasteiger partial charge in [-0.25, -0.2) is 4.79 Å². The fraction of sp³-hybridized carbons (Fsp3) is 0.667. The van der Waals surface area contributed by atoms with Crippen LogP contribution < -0.4 is 0 Å². The van der Waals surface area contributed by atoms with E-state index in [1.165, 1.54) is 4.90 Å². The summed E-state index contributed by atoms with van der Waals surface area (Å²) in [5.41, 5.74) is -0.249. The van der Waals surface area contributed by atoms with E-state index < -0.39 is 6.09 Å². The van der Waals surface area contributed by atoms with Gasteiger partial charge in [0.2, 0.25) is 0 Å². The Morgan fingerprint density at radius 3 is 2.77 bits per heavy atom. The van der Waals surface area contributed by atoms with Crippen molar-refractivity contribution in [3.8, 4) is 0 Å². The molecular formula is C9H14INO2. The van der Waals surface area contributed by atoms with Gasteiger partial charge in [-0.05, 0) is 19.8 Å². The summed E-state index contributed by atoms with van der Waals surface area (Å²) in [6.45, 7) is 2.00. The predicted octanol–water partition coefficient (Wildman–Crippen LogP) is 2.51. The van der Waals surface area contributed by atoms with Gasteiger partial charge >= 0.3 is 6.09 Å². The highest BCUT2D eigenvalue weighted by atomic mass is 127. The van der Waals surface area contributed by atoms with Crippen molar-refractivity contribution in [2.45, 2.75) is 29.2 Å². The summed E-state index contributed by atoms with van der Waals surface area (Å²) in [5.74, 6) is 0. The molecule has 0 aromatic heterocycles. The van der Waals surface area contributed by atoms with Crippen molar-refractivity contribution in [2.75, 3.05) is 7.05 Å². The summed E-state index contributed by atoms with van der Waals surface area (Å²) in [6.07, 6.45) is 5.10. The molecule has 2 unspecified atom stereocenters. The summed E-state index contributed by atoms with van der Waals surface area (Å²) >= 11 is 2.33. The van der Waals surface area contributed by atoms with Crippen molar-refractivity contribution >= 4 is 28.7 Å². The van der Waals surface area contributed by atoms with Gasteiger partial charge in [0.25, 0.3) is 0 Å². The van der Waals surface area contributed by atoms with Crippen LogP contribution in [0, 0.1) is 0 Å². The molecule has 1 aliphatic rings. The standard InChI is InChI=1S/C9H14INO2/c1-9(11(2)8(12)13)6-4-3-5-7(9)10/h3-4,7H,5-6H2,1-2H3,(H,12,13). The zero-order valence-corrected chi connectivity index (χ0v) is 9.98. The fourth-order valence-electron chi connectivity index (χ4n) is 1.48. The number of alkyl halides is 1. The highest BCUT2D eigenvalue weighted by Crippen LogP contribution is 2.34. The third-order valence-electron chi connectivity index (χ3n) is 2.77. The zero-order valence-electron chi connectivity index (χ0n) is 7.83. The maximum Gasteiger partial charge on any atom is 0.407 e. The molecule has 1 rings (SSSR count). The van der Waals surface area contributed by atoms with Gasteiger partial charge in [0.1, 0.15) is 0 Å². The normalized spacial score (nSPS) is 33.0. The number of halogens is 1. The van der Waals surface area contributed by atoms with E-state index in [1.54, 1.807) is 7.05 Å². The van der Waals surface area contributed by atoms with Crippen molar-refractivity contribution in [2.24, 2.45) is 0 Å². The summed E-state index contributed by atoms with van der Waals surface area (Å²) in [5, 5.41) is 8.92. The van der Waals surface area contributed by atoms with Gasteiger partial charge in [0.15, 0.2) is 0 Å². The molecule has 0 radical (unpaired) electrons. The number of hydrogen-bond donors (Lipinski definition) is 1. The van der Waals surface area contributed by atoms with Crippen LogP contribution in [0.25, 0.3) is 0 Å². The number of amides is 1. The van der Waals surface area contributed by atoms with Crippen LogP contribution in [0.5, 0.6) is 0 Å². The van der Waals surface area contributed by atoms with Crippen molar-refractivity contribution in [3.05, 3.63) is 12.2 Å². The Morgan fingerprint density at radius 1 is 1.69 bits per heavy atom. The minimum Gasteiger partial charge on any atom is -0.465 e. The van der Waals surface area contributed by atoms with Crippen LogP contribution in [0.2, 0.25) is 0 Å². The first-order valence-corrected chi connectivity index (χ1v) is 5.49. The molecule has 3 nitrogen and oxygen atoms in total. The average Bonchev–Trinajstić information content (AvgIpc) is 2.09. The fourth-order valence-corrected chi connectivity index (χ4v) is 2.45. The summed E-state index contributed by atoms with van der Waals surface area (Å²) in [7, 11) is 1.65. The molecule has 2 atom stereocenters. The summed E-state index contributed by atoms with van der Waals surface area (Å²) < 4.78 is 0.358. The van der Waals surface area contributed by atoms with Gasteiger partial charge in [-0.2, -0.15) is 0 Å². The van der Waals surface area contributed by atoms with Crippen molar-refractivity contribution < 1.29 is 9.90 Å². The zero-order chi connectivity index (χ0) is 10.1. The summed E-state index contributed by atoms with van der Waals surface area (Å²) in [6, 6.07) is 0. The van der Waals surface area contributed by atoms with Gasteiger partial charge in [0, 0.05) is 11.0 Å². The Kier molecular flexibility index (Phi) is 3.21. The number of hydrogen-bond acceptors (Lipinski definition) is 1. The Labute approximate surface area is 91.9 Å². The first kappa shape index (κ1) is 10.8. The van der Waals surface area contributed by atoms with Gasteiger partial charge in [0.05, 0.1) is 5.54 Å². The molecule has 0 heterocycles. The lowest BCUT2D eigenvalue weighted by molar-refractivity contribution is 0.102. The molecule has 0 aliphatic heterocycles. The second-order valence-electron chi connectivity index (χ2n) is 3.58. The molecular weight excluding hydrogens is 281 g/mol. The summed E-state index contributed by atoms with van der Waals surface area (Å²) in [4.78, 5) is 12.3. The number of carbonyl (C=O) groups is 1. The van der Waals surface area contributed by atoms with E-state index in [4.69, 9.17) is 5.11 Å². The smallest absolute Gasteiger partial charge is 0.407 e. The van der Waals surface area contributed by atoms with Crippen LogP contribution in [-0.4, -0.2) is 32.6 Å². The maximum atomic E-state index is 10.8. The quantitative estimate of drug-likeness (QED) is 0.459. The van der Waals surface area contributed by atoms with E-state index in [-0.39, 0.29) is 5.54 Å². The Hall–Kier alpha value is -0.260. The molecule has 1 N–H and O–H groups in total. The molecule has 1 aliphatic carbocycles. The van der Waals surface area contributed by atoms with Crippen LogP contribution >= 0.6 is 22.6 Å². The largest absolute Gasteiger partial charge is 0.465 e. The van der Waals surface area contributed by atoms with E-state index in [9.17, 15) is 4.79 Å². The second-order valence-corrected chi connectivity index (χ2v) is 5.08. The number of carboxylic acid groups (broad SMARTS) is 1. The molecule has 0 bridgehead atoms. The predicted molar refractivity (Wildman–Crippen MR) is 60.4 cm³/mol. The van der Waals surface area contributed by atoms with Gasteiger partial charge in [-0.3, -0.25) is 0 Å². The van der Waals surface area contributed by atoms with Crippen molar-refractivity contribution in [3.63, 3.8) is 0 Å². The molecule has 0 aromatic carbocycles. The average molecular weight is 295 g/mol. The van der Waals surface area contributed by atoms with Crippen LogP contribution in [-0.2, 0) is 0 Å². The minimum absolute atomic E-state index is 0.249. The third kappa shape index (κ3) is 1.98. The minimum atomic E-state index is -0.848. The molecule has 74 valence electrons. The molecule has 4 heteroatoms. The van der Waals surface area contributed by atoms with E-state index >= 15 is 0 Å². The second kappa shape index (κ2) is 3.86.